The van der Waals surface area contributed by atoms with Crippen molar-refractivity contribution in [3.05, 3.63) is 42.1 Å². The van der Waals surface area contributed by atoms with Gasteiger partial charge in [-0.1, -0.05) is 11.3 Å². The molecule has 130 valence electrons. The Hall–Kier alpha value is -2.56. The van der Waals surface area contributed by atoms with E-state index in [9.17, 15) is 13.2 Å². The minimum Gasteiger partial charge on any atom is -0.477 e. The summed E-state index contributed by atoms with van der Waals surface area (Å²) in [6.07, 6.45) is 1.54. The molecular weight excluding hydrogens is 364 g/mol. The number of pyridine rings is 1. The Labute approximate surface area is 147 Å². The van der Waals surface area contributed by atoms with Crippen LogP contribution in [0.2, 0.25) is 0 Å². The third-order valence-electron chi connectivity index (χ3n) is 3.21. The van der Waals surface area contributed by atoms with Crippen LogP contribution in [0.15, 0.2) is 41.4 Å². The number of amides is 1. The van der Waals surface area contributed by atoms with Gasteiger partial charge in [0.25, 0.3) is 5.91 Å². The van der Waals surface area contributed by atoms with Gasteiger partial charge in [0.15, 0.2) is 5.13 Å². The standard InChI is InChI=1S/C15H14N4O4S2/c1-2-23-14-10(4-3-7-17-14)13(20)19-15-18-11-6-5-9(25(16,21)22)8-12(11)24-15/h3-8H,2H2,1H3,(H2,16,21,22)(H,18,19,20). The molecule has 2 heterocycles. The summed E-state index contributed by atoms with van der Waals surface area (Å²) in [6.45, 7) is 2.18. The molecule has 3 rings (SSSR count). The number of thiazole rings is 1. The number of primary sulfonamides is 1. The van der Waals surface area contributed by atoms with Crippen molar-refractivity contribution in [3.8, 4) is 5.88 Å². The molecule has 3 aromatic rings. The molecule has 1 amide bonds. The van der Waals surface area contributed by atoms with Crippen LogP contribution in [0, 0.1) is 0 Å². The topological polar surface area (TPSA) is 124 Å². The van der Waals surface area contributed by atoms with Gasteiger partial charge in [-0.2, -0.15) is 0 Å². The molecule has 0 spiro atoms. The fourth-order valence-electron chi connectivity index (χ4n) is 2.12. The van der Waals surface area contributed by atoms with Crippen molar-refractivity contribution in [1.82, 2.24) is 9.97 Å². The first-order valence-electron chi connectivity index (χ1n) is 7.21. The second kappa shape index (κ2) is 6.75. The van der Waals surface area contributed by atoms with Crippen LogP contribution in [-0.2, 0) is 10.0 Å². The number of nitrogens with two attached hydrogens (primary N) is 1. The van der Waals surface area contributed by atoms with Crippen LogP contribution in [-0.4, -0.2) is 30.9 Å². The van der Waals surface area contributed by atoms with Crippen molar-refractivity contribution in [2.75, 3.05) is 11.9 Å². The normalized spacial score (nSPS) is 11.4. The zero-order valence-electron chi connectivity index (χ0n) is 13.1. The summed E-state index contributed by atoms with van der Waals surface area (Å²) in [5.41, 5.74) is 0.845. The van der Waals surface area contributed by atoms with Gasteiger partial charge in [0.2, 0.25) is 15.9 Å². The molecule has 3 N–H and O–H groups in total. The number of rotatable bonds is 5. The van der Waals surface area contributed by atoms with E-state index in [1.165, 1.54) is 24.4 Å². The van der Waals surface area contributed by atoms with Crippen molar-refractivity contribution in [2.45, 2.75) is 11.8 Å². The lowest BCUT2D eigenvalue weighted by molar-refractivity contribution is 0.102. The van der Waals surface area contributed by atoms with Crippen LogP contribution in [0.1, 0.15) is 17.3 Å². The maximum absolute atomic E-state index is 12.4. The molecule has 2 aromatic heterocycles. The Morgan fingerprint density at radius 1 is 1.36 bits per heavy atom. The fraction of sp³-hybridized carbons (Fsp3) is 0.133. The molecule has 0 aliphatic heterocycles. The van der Waals surface area contributed by atoms with Crippen LogP contribution in [0.4, 0.5) is 5.13 Å². The number of hydrogen-bond donors (Lipinski definition) is 2. The highest BCUT2D eigenvalue weighted by atomic mass is 32.2. The summed E-state index contributed by atoms with van der Waals surface area (Å²) in [7, 11) is -3.80. The minimum atomic E-state index is -3.80. The van der Waals surface area contributed by atoms with E-state index >= 15 is 0 Å². The zero-order valence-corrected chi connectivity index (χ0v) is 14.7. The number of nitrogens with zero attached hydrogens (tertiary/aromatic N) is 2. The van der Waals surface area contributed by atoms with Gasteiger partial charge in [0.05, 0.1) is 21.7 Å². The Bertz CT molecular complexity index is 1050. The predicted molar refractivity (Wildman–Crippen MR) is 94.4 cm³/mol. The number of hydrogen-bond acceptors (Lipinski definition) is 7. The number of nitrogens with one attached hydrogen (secondary N) is 1. The van der Waals surface area contributed by atoms with E-state index in [1.807, 2.05) is 0 Å². The number of fused-ring (bicyclic) bond motifs is 1. The first-order chi connectivity index (χ1) is 11.9. The maximum Gasteiger partial charge on any atom is 0.262 e. The number of benzene rings is 1. The van der Waals surface area contributed by atoms with E-state index in [-0.39, 0.29) is 16.3 Å². The molecule has 0 radical (unpaired) electrons. The summed E-state index contributed by atoms with van der Waals surface area (Å²) in [6, 6.07) is 7.57. The number of carbonyl (C=O) groups excluding carboxylic acids is 1. The molecule has 10 heteroatoms. The van der Waals surface area contributed by atoms with E-state index < -0.39 is 15.9 Å². The van der Waals surface area contributed by atoms with Crippen LogP contribution in [0.25, 0.3) is 10.2 Å². The van der Waals surface area contributed by atoms with E-state index in [4.69, 9.17) is 9.88 Å². The number of anilines is 1. The van der Waals surface area contributed by atoms with Crippen LogP contribution in [0.5, 0.6) is 5.88 Å². The van der Waals surface area contributed by atoms with Gasteiger partial charge in [0, 0.05) is 6.20 Å². The lowest BCUT2D eigenvalue weighted by Crippen LogP contribution is -2.14. The Morgan fingerprint density at radius 2 is 2.16 bits per heavy atom. The maximum atomic E-state index is 12.4. The molecule has 25 heavy (non-hydrogen) atoms. The first-order valence-corrected chi connectivity index (χ1v) is 9.57. The van der Waals surface area contributed by atoms with Crippen LogP contribution in [0.3, 0.4) is 0 Å². The van der Waals surface area contributed by atoms with Crippen molar-refractivity contribution in [2.24, 2.45) is 5.14 Å². The van der Waals surface area contributed by atoms with E-state index in [0.29, 0.717) is 22.0 Å². The number of carbonyl (C=O) groups is 1. The van der Waals surface area contributed by atoms with Gasteiger partial charge in [-0.15, -0.1) is 0 Å². The molecule has 0 saturated heterocycles. The van der Waals surface area contributed by atoms with E-state index in [1.54, 1.807) is 19.1 Å². The summed E-state index contributed by atoms with van der Waals surface area (Å²) in [5.74, 6) is -0.178. The molecular formula is C15H14N4O4S2. The number of sulfonamides is 1. The Morgan fingerprint density at radius 3 is 2.88 bits per heavy atom. The average Bonchev–Trinajstić information content (AvgIpc) is 2.96. The van der Waals surface area contributed by atoms with Gasteiger partial charge >= 0.3 is 0 Å². The second-order valence-electron chi connectivity index (χ2n) is 4.94. The largest absolute Gasteiger partial charge is 0.477 e. The SMILES string of the molecule is CCOc1ncccc1C(=O)Nc1nc2ccc(S(N)(=O)=O)cc2s1. The number of ether oxygens (including phenoxy) is 1. The Balaban J connectivity index is 1.89. The molecule has 0 saturated carbocycles. The quantitative estimate of drug-likeness (QED) is 0.699. The predicted octanol–water partition coefficient (Wildman–Crippen LogP) is 1.99. The smallest absolute Gasteiger partial charge is 0.262 e. The number of aromatic nitrogens is 2. The molecule has 0 bridgehead atoms. The monoisotopic (exact) mass is 378 g/mol. The highest BCUT2D eigenvalue weighted by molar-refractivity contribution is 7.89. The van der Waals surface area contributed by atoms with Crippen LogP contribution >= 0.6 is 11.3 Å². The van der Waals surface area contributed by atoms with Gasteiger partial charge in [-0.05, 0) is 37.3 Å². The van der Waals surface area contributed by atoms with Crippen molar-refractivity contribution < 1.29 is 17.9 Å². The van der Waals surface area contributed by atoms with Crippen LogP contribution < -0.4 is 15.2 Å². The van der Waals surface area contributed by atoms with E-state index in [2.05, 4.69) is 15.3 Å². The molecule has 0 atom stereocenters. The summed E-state index contributed by atoms with van der Waals surface area (Å²) in [4.78, 5) is 20.7. The Kier molecular flexibility index (Phi) is 4.66. The van der Waals surface area contributed by atoms with E-state index in [0.717, 1.165) is 11.3 Å². The van der Waals surface area contributed by atoms with Crippen molar-refractivity contribution in [3.63, 3.8) is 0 Å². The van der Waals surface area contributed by atoms with Gasteiger partial charge in [-0.25, -0.2) is 23.5 Å². The fourth-order valence-corrected chi connectivity index (χ4v) is 3.63. The molecule has 0 fully saturated rings. The second-order valence-corrected chi connectivity index (χ2v) is 7.53. The first kappa shape index (κ1) is 17.3. The highest BCUT2D eigenvalue weighted by Gasteiger charge is 2.16. The lowest BCUT2D eigenvalue weighted by atomic mass is 10.2. The zero-order chi connectivity index (χ0) is 18.0. The van der Waals surface area contributed by atoms with Gasteiger partial charge in [-0.3, -0.25) is 10.1 Å². The lowest BCUT2D eigenvalue weighted by Gasteiger charge is -2.07. The minimum absolute atomic E-state index is 0.00702. The van der Waals surface area contributed by atoms with Gasteiger partial charge in [0.1, 0.15) is 5.56 Å². The van der Waals surface area contributed by atoms with Crippen molar-refractivity contribution >= 4 is 42.6 Å². The summed E-state index contributed by atoms with van der Waals surface area (Å²) in [5, 5.41) is 8.13. The van der Waals surface area contributed by atoms with Gasteiger partial charge < -0.3 is 4.74 Å². The molecule has 0 unspecified atom stereocenters. The molecule has 8 nitrogen and oxygen atoms in total. The third kappa shape index (κ3) is 3.76. The van der Waals surface area contributed by atoms with Crippen molar-refractivity contribution in [1.29, 1.82) is 0 Å². The average molecular weight is 378 g/mol. The summed E-state index contributed by atoms with van der Waals surface area (Å²) < 4.78 is 28.8. The molecule has 1 aromatic carbocycles. The third-order valence-corrected chi connectivity index (χ3v) is 5.05. The highest BCUT2D eigenvalue weighted by Crippen LogP contribution is 2.28. The molecule has 0 aliphatic rings. The molecule has 0 aliphatic carbocycles. The summed E-state index contributed by atoms with van der Waals surface area (Å²) >= 11 is 1.15.